The van der Waals surface area contributed by atoms with Crippen molar-refractivity contribution in [2.45, 2.75) is 19.4 Å². The lowest BCUT2D eigenvalue weighted by molar-refractivity contribution is 0.0967. The minimum atomic E-state index is -0.0690. The molecule has 0 aromatic heterocycles. The van der Waals surface area contributed by atoms with Gasteiger partial charge in [-0.25, -0.2) is 6.57 Å². The monoisotopic (exact) mass is 228 g/mol. The molecule has 0 saturated heterocycles. The molecule has 0 radical (unpaired) electrons. The summed E-state index contributed by atoms with van der Waals surface area (Å²) >= 11 is 0. The van der Waals surface area contributed by atoms with Gasteiger partial charge < -0.3 is 9.74 Å². The first kappa shape index (κ1) is 11.7. The van der Waals surface area contributed by atoms with Crippen molar-refractivity contribution in [1.29, 1.82) is 0 Å². The number of benzene rings is 1. The fraction of sp³-hybridized carbons (Fsp3) is 0.429. The van der Waals surface area contributed by atoms with E-state index in [4.69, 9.17) is 6.57 Å². The molecule has 1 saturated carbocycles. The Labute approximate surface area is 102 Å². The summed E-state index contributed by atoms with van der Waals surface area (Å²) in [6, 6.07) is 7.59. The van der Waals surface area contributed by atoms with Crippen LogP contribution >= 0.6 is 0 Å². The normalized spacial score (nSPS) is 21.7. The highest BCUT2D eigenvalue weighted by atomic mass is 16.1. The Kier molecular flexibility index (Phi) is 3.14. The summed E-state index contributed by atoms with van der Waals surface area (Å²) in [7, 11) is 2.02. The first-order chi connectivity index (χ1) is 8.17. The second kappa shape index (κ2) is 4.58. The second-order valence-corrected chi connectivity index (χ2v) is 4.46. The summed E-state index contributed by atoms with van der Waals surface area (Å²) in [5.41, 5.74) is 1.84. The first-order valence-corrected chi connectivity index (χ1v) is 5.89. The van der Waals surface area contributed by atoms with E-state index in [0.717, 1.165) is 24.2 Å². The highest BCUT2D eigenvalue weighted by molar-refractivity contribution is 6.00. The van der Waals surface area contributed by atoms with Gasteiger partial charge in [0.2, 0.25) is 6.04 Å². The number of rotatable bonds is 4. The minimum absolute atomic E-state index is 0.0535. The Morgan fingerprint density at radius 3 is 2.59 bits per heavy atom. The zero-order valence-electron chi connectivity index (χ0n) is 10.2. The van der Waals surface area contributed by atoms with Gasteiger partial charge in [0.1, 0.15) is 5.92 Å². The molecule has 1 aliphatic carbocycles. The number of carbonyl (C=O) groups excluding carboxylic acids is 1. The number of anilines is 1. The van der Waals surface area contributed by atoms with Gasteiger partial charge in [0, 0.05) is 31.3 Å². The van der Waals surface area contributed by atoms with Crippen molar-refractivity contribution < 1.29 is 4.79 Å². The van der Waals surface area contributed by atoms with Gasteiger partial charge >= 0.3 is 0 Å². The Bertz CT molecular complexity index is 458. The molecule has 0 bridgehead atoms. The second-order valence-electron chi connectivity index (χ2n) is 4.46. The van der Waals surface area contributed by atoms with Crippen LogP contribution in [0, 0.1) is 12.5 Å². The molecular weight excluding hydrogens is 212 g/mol. The number of hydrogen-bond acceptors (Lipinski definition) is 2. The summed E-state index contributed by atoms with van der Waals surface area (Å²) in [6.45, 7) is 9.91. The predicted octanol–water partition coefficient (Wildman–Crippen LogP) is 2.63. The zero-order chi connectivity index (χ0) is 12.4. The summed E-state index contributed by atoms with van der Waals surface area (Å²) in [4.78, 5) is 17.5. The molecule has 3 nitrogen and oxygen atoms in total. The van der Waals surface area contributed by atoms with Gasteiger partial charge in [-0.05, 0) is 31.2 Å². The van der Waals surface area contributed by atoms with Crippen LogP contribution in [-0.4, -0.2) is 25.4 Å². The lowest BCUT2D eigenvalue weighted by atomic mass is 10.1. The summed E-state index contributed by atoms with van der Waals surface area (Å²) in [5.74, 6) is 0.0685. The maximum absolute atomic E-state index is 12.0. The topological polar surface area (TPSA) is 24.7 Å². The van der Waals surface area contributed by atoms with Crippen molar-refractivity contribution in [3.05, 3.63) is 41.2 Å². The number of nitrogens with zero attached hydrogens (tertiary/aromatic N) is 2. The van der Waals surface area contributed by atoms with Crippen LogP contribution in [-0.2, 0) is 0 Å². The van der Waals surface area contributed by atoms with Gasteiger partial charge in [0.25, 0.3) is 0 Å². The average Bonchev–Trinajstić information content (AvgIpc) is 3.16. The third kappa shape index (κ3) is 2.31. The summed E-state index contributed by atoms with van der Waals surface area (Å²) in [6.07, 6.45) is 0.735. The quantitative estimate of drug-likeness (QED) is 0.584. The van der Waals surface area contributed by atoms with Crippen molar-refractivity contribution in [3.8, 4) is 0 Å². The van der Waals surface area contributed by atoms with Gasteiger partial charge in [-0.1, -0.05) is 0 Å². The highest BCUT2D eigenvalue weighted by Gasteiger charge is 2.49. The lowest BCUT2D eigenvalue weighted by Gasteiger charge is -2.16. The zero-order valence-corrected chi connectivity index (χ0v) is 10.2. The SMILES string of the molecule is [C-]#[N+]C1CC1C(=O)c1ccc(N(C)CC)cc1. The fourth-order valence-corrected chi connectivity index (χ4v) is 1.88. The Hall–Kier alpha value is -1.82. The molecule has 88 valence electrons. The van der Waals surface area contributed by atoms with Crippen LogP contribution in [0.15, 0.2) is 24.3 Å². The highest BCUT2D eigenvalue weighted by Crippen LogP contribution is 2.36. The third-order valence-electron chi connectivity index (χ3n) is 3.33. The summed E-state index contributed by atoms with van der Waals surface area (Å²) in [5, 5.41) is 0. The maximum atomic E-state index is 12.0. The van der Waals surface area contributed by atoms with Crippen LogP contribution in [0.3, 0.4) is 0 Å². The maximum Gasteiger partial charge on any atom is 0.235 e. The van der Waals surface area contributed by atoms with Crippen LogP contribution in [0.4, 0.5) is 5.69 Å². The van der Waals surface area contributed by atoms with E-state index >= 15 is 0 Å². The number of Topliss-reactive ketones (excluding diaryl/α,β-unsaturated/α-hetero) is 1. The van der Waals surface area contributed by atoms with Crippen molar-refractivity contribution in [3.63, 3.8) is 0 Å². The van der Waals surface area contributed by atoms with Gasteiger partial charge in [-0.3, -0.25) is 4.79 Å². The molecule has 17 heavy (non-hydrogen) atoms. The molecule has 0 heterocycles. The van der Waals surface area contributed by atoms with E-state index in [1.807, 2.05) is 31.3 Å². The molecule has 2 atom stereocenters. The molecule has 2 unspecified atom stereocenters. The molecule has 0 aliphatic heterocycles. The van der Waals surface area contributed by atoms with Gasteiger partial charge in [-0.2, -0.15) is 0 Å². The molecule has 1 aromatic carbocycles. The molecule has 0 amide bonds. The Morgan fingerprint density at radius 2 is 2.12 bits per heavy atom. The third-order valence-corrected chi connectivity index (χ3v) is 3.33. The largest absolute Gasteiger partial charge is 0.375 e. The average molecular weight is 228 g/mol. The van der Waals surface area contributed by atoms with E-state index in [1.54, 1.807) is 0 Å². The van der Waals surface area contributed by atoms with Gasteiger partial charge in [-0.15, -0.1) is 0 Å². The molecule has 1 fully saturated rings. The Balaban J connectivity index is 2.09. The minimum Gasteiger partial charge on any atom is -0.375 e. The molecule has 2 rings (SSSR count). The number of ketones is 1. The van der Waals surface area contributed by atoms with Crippen LogP contribution in [0.2, 0.25) is 0 Å². The molecule has 1 aromatic rings. The standard InChI is InChI=1S/C14H16N2O/c1-4-16(3)11-7-5-10(6-8-11)14(17)12-9-13(12)15-2/h5-8,12-13H,4,9H2,1,3H3. The molecule has 3 heteroatoms. The predicted molar refractivity (Wildman–Crippen MR) is 68.2 cm³/mol. The fourth-order valence-electron chi connectivity index (χ4n) is 1.88. The van der Waals surface area contributed by atoms with Gasteiger partial charge in [0.05, 0.1) is 0 Å². The van der Waals surface area contributed by atoms with E-state index in [9.17, 15) is 4.79 Å². The van der Waals surface area contributed by atoms with Crippen molar-refractivity contribution in [1.82, 2.24) is 0 Å². The van der Waals surface area contributed by atoms with Crippen LogP contribution < -0.4 is 4.90 Å². The van der Waals surface area contributed by atoms with Crippen molar-refractivity contribution in [2.24, 2.45) is 5.92 Å². The molecular formula is C14H16N2O. The molecule has 1 aliphatic rings. The van der Waals surface area contributed by atoms with E-state index in [0.29, 0.717) is 0 Å². The molecule has 0 spiro atoms. The Morgan fingerprint density at radius 1 is 1.47 bits per heavy atom. The summed E-state index contributed by atoms with van der Waals surface area (Å²) < 4.78 is 0. The van der Waals surface area contributed by atoms with E-state index in [-0.39, 0.29) is 17.7 Å². The van der Waals surface area contributed by atoms with Crippen LogP contribution in [0.5, 0.6) is 0 Å². The number of carbonyl (C=O) groups is 1. The van der Waals surface area contributed by atoms with E-state index in [2.05, 4.69) is 16.7 Å². The van der Waals surface area contributed by atoms with Gasteiger partial charge in [0.15, 0.2) is 5.78 Å². The van der Waals surface area contributed by atoms with Crippen molar-refractivity contribution in [2.75, 3.05) is 18.5 Å². The van der Waals surface area contributed by atoms with Crippen LogP contribution in [0.25, 0.3) is 4.85 Å². The van der Waals surface area contributed by atoms with E-state index in [1.165, 1.54) is 0 Å². The van der Waals surface area contributed by atoms with Crippen LogP contribution in [0.1, 0.15) is 23.7 Å². The molecule has 0 N–H and O–H groups in total. The smallest absolute Gasteiger partial charge is 0.235 e. The van der Waals surface area contributed by atoms with Crippen molar-refractivity contribution >= 4 is 11.5 Å². The first-order valence-electron chi connectivity index (χ1n) is 5.89. The lowest BCUT2D eigenvalue weighted by Crippen LogP contribution is -2.15. The number of hydrogen-bond donors (Lipinski definition) is 0. The van der Waals surface area contributed by atoms with E-state index < -0.39 is 0 Å².